The van der Waals surface area contributed by atoms with Crippen LogP contribution in [0.5, 0.6) is 0 Å². The van der Waals surface area contributed by atoms with E-state index < -0.39 is 0 Å². The van der Waals surface area contributed by atoms with Crippen LogP contribution in [0.15, 0.2) is 24.5 Å². The monoisotopic (exact) mass is 288 g/mol. The molecule has 21 heavy (non-hydrogen) atoms. The van der Waals surface area contributed by atoms with Crippen molar-refractivity contribution in [1.29, 1.82) is 0 Å². The summed E-state index contributed by atoms with van der Waals surface area (Å²) in [5.41, 5.74) is 0. The zero-order valence-electron chi connectivity index (χ0n) is 12.7. The van der Waals surface area contributed by atoms with E-state index >= 15 is 0 Å². The van der Waals surface area contributed by atoms with E-state index in [9.17, 15) is 4.79 Å². The highest BCUT2D eigenvalue weighted by Crippen LogP contribution is 2.25. The van der Waals surface area contributed by atoms with E-state index in [0.717, 1.165) is 44.8 Å². The number of amides is 1. The number of piperazine rings is 1. The molecule has 1 saturated heterocycles. The summed E-state index contributed by atoms with van der Waals surface area (Å²) in [5.74, 6) is 1.71. The fourth-order valence-corrected chi connectivity index (χ4v) is 3.36. The first kappa shape index (κ1) is 14.3. The molecule has 1 aromatic heterocycles. The first-order chi connectivity index (χ1) is 10.3. The van der Waals surface area contributed by atoms with E-state index in [1.165, 1.54) is 0 Å². The maximum Gasteiger partial charge on any atom is 0.223 e. The van der Waals surface area contributed by atoms with Gasteiger partial charge in [-0.25, -0.2) is 4.98 Å². The topological polar surface area (TPSA) is 52.2 Å². The molecule has 1 N–H and O–H groups in total. The normalized spacial score (nSPS) is 26.4. The van der Waals surface area contributed by atoms with Crippen LogP contribution in [0, 0.1) is 5.92 Å². The quantitative estimate of drug-likeness (QED) is 0.862. The number of nitrogens with zero attached hydrogens (tertiary/aromatic N) is 3. The molecule has 5 nitrogen and oxygen atoms in total. The second-order valence-corrected chi connectivity index (χ2v) is 5.93. The smallest absolute Gasteiger partial charge is 0.223 e. The summed E-state index contributed by atoms with van der Waals surface area (Å²) in [7, 11) is 0. The fourth-order valence-electron chi connectivity index (χ4n) is 3.36. The highest BCUT2D eigenvalue weighted by atomic mass is 16.2. The van der Waals surface area contributed by atoms with Crippen molar-refractivity contribution in [3.05, 3.63) is 30.4 Å². The van der Waals surface area contributed by atoms with Gasteiger partial charge < -0.3 is 9.88 Å². The van der Waals surface area contributed by atoms with Gasteiger partial charge in [-0.3, -0.25) is 9.69 Å². The Labute approximate surface area is 126 Å². The summed E-state index contributed by atoms with van der Waals surface area (Å²) in [5, 5.41) is 0. The molecule has 5 heteroatoms. The van der Waals surface area contributed by atoms with Gasteiger partial charge in [0.2, 0.25) is 5.91 Å². The third-order valence-corrected chi connectivity index (χ3v) is 4.63. The van der Waals surface area contributed by atoms with Gasteiger partial charge in [0.05, 0.1) is 6.04 Å². The molecular weight excluding hydrogens is 264 g/mol. The molecule has 0 saturated carbocycles. The van der Waals surface area contributed by atoms with E-state index in [1.54, 1.807) is 6.20 Å². The van der Waals surface area contributed by atoms with Crippen LogP contribution in [0.1, 0.15) is 38.1 Å². The average Bonchev–Trinajstić information content (AvgIpc) is 3.19. The number of aromatic amines is 1. The van der Waals surface area contributed by atoms with Crippen molar-refractivity contribution in [3.8, 4) is 0 Å². The zero-order valence-corrected chi connectivity index (χ0v) is 12.7. The number of aromatic nitrogens is 2. The van der Waals surface area contributed by atoms with Crippen molar-refractivity contribution in [2.45, 2.75) is 32.2 Å². The van der Waals surface area contributed by atoms with E-state index in [2.05, 4.69) is 33.9 Å². The number of hydrogen-bond donors (Lipinski definition) is 1. The molecule has 0 radical (unpaired) electrons. The molecule has 0 unspecified atom stereocenters. The first-order valence-corrected chi connectivity index (χ1v) is 7.95. The van der Waals surface area contributed by atoms with Gasteiger partial charge in [-0.15, -0.1) is 0 Å². The Morgan fingerprint density at radius 3 is 3.05 bits per heavy atom. The molecule has 2 aliphatic rings. The fraction of sp³-hybridized carbons (Fsp3) is 0.625. The number of allylic oxidation sites excluding steroid dienone is 2. The number of imidazole rings is 1. The minimum Gasteiger partial charge on any atom is -0.347 e. The molecule has 1 aliphatic carbocycles. The molecule has 0 spiro atoms. The van der Waals surface area contributed by atoms with Gasteiger partial charge in [-0.05, 0) is 25.3 Å². The molecule has 0 aromatic carbocycles. The predicted molar refractivity (Wildman–Crippen MR) is 81.6 cm³/mol. The third kappa shape index (κ3) is 3.18. The Bertz CT molecular complexity index is 496. The van der Waals surface area contributed by atoms with Crippen molar-refractivity contribution in [3.63, 3.8) is 0 Å². The van der Waals surface area contributed by atoms with Crippen molar-refractivity contribution >= 4 is 5.91 Å². The molecule has 2 atom stereocenters. The molecule has 1 amide bonds. The standard InChI is InChI=1S/C16H24N4O/c1-2-19-9-10-20(12-14(19)16-17-7-8-18-16)15(21)11-13-5-3-4-6-13/h3,5,7-8,13-14H,2,4,6,9-12H2,1H3,(H,17,18)/t13-,14+/m0/s1. The molecule has 0 bridgehead atoms. The molecule has 1 fully saturated rings. The highest BCUT2D eigenvalue weighted by Gasteiger charge is 2.31. The molecule has 114 valence electrons. The second-order valence-electron chi connectivity index (χ2n) is 5.93. The summed E-state index contributed by atoms with van der Waals surface area (Å²) in [6.45, 7) is 5.65. The van der Waals surface area contributed by atoms with Gasteiger partial charge in [0.25, 0.3) is 0 Å². The molecule has 3 rings (SSSR count). The van der Waals surface area contributed by atoms with Gasteiger partial charge in [0.1, 0.15) is 5.82 Å². The van der Waals surface area contributed by atoms with Crippen molar-refractivity contribution in [1.82, 2.24) is 19.8 Å². The molecule has 1 aromatic rings. The van der Waals surface area contributed by atoms with Gasteiger partial charge in [-0.1, -0.05) is 19.1 Å². The summed E-state index contributed by atoms with van der Waals surface area (Å²) >= 11 is 0. The van der Waals surface area contributed by atoms with Gasteiger partial charge in [0, 0.05) is 38.4 Å². The van der Waals surface area contributed by atoms with Crippen LogP contribution < -0.4 is 0 Å². The van der Waals surface area contributed by atoms with E-state index in [0.29, 0.717) is 18.2 Å². The van der Waals surface area contributed by atoms with Crippen LogP contribution in [0.25, 0.3) is 0 Å². The zero-order chi connectivity index (χ0) is 14.7. The predicted octanol–water partition coefficient (Wildman–Crippen LogP) is 1.97. The lowest BCUT2D eigenvalue weighted by Crippen LogP contribution is -2.50. The number of carbonyl (C=O) groups excluding carboxylic acids is 1. The minimum atomic E-state index is 0.196. The number of carbonyl (C=O) groups is 1. The van der Waals surface area contributed by atoms with Gasteiger partial charge >= 0.3 is 0 Å². The molecule has 1 aliphatic heterocycles. The van der Waals surface area contributed by atoms with E-state index in [1.807, 2.05) is 11.1 Å². The lowest BCUT2D eigenvalue weighted by Gasteiger charge is -2.40. The maximum absolute atomic E-state index is 12.5. The summed E-state index contributed by atoms with van der Waals surface area (Å²) in [4.78, 5) is 24.5. The van der Waals surface area contributed by atoms with E-state index in [4.69, 9.17) is 0 Å². The minimum absolute atomic E-state index is 0.196. The Morgan fingerprint density at radius 2 is 2.38 bits per heavy atom. The number of hydrogen-bond acceptors (Lipinski definition) is 3. The summed E-state index contributed by atoms with van der Waals surface area (Å²) < 4.78 is 0. The van der Waals surface area contributed by atoms with Crippen LogP contribution in [-0.4, -0.2) is 51.9 Å². The van der Waals surface area contributed by atoms with Crippen LogP contribution in [0.2, 0.25) is 0 Å². The largest absolute Gasteiger partial charge is 0.347 e. The number of rotatable bonds is 4. The highest BCUT2D eigenvalue weighted by molar-refractivity contribution is 5.77. The average molecular weight is 288 g/mol. The number of H-pyrrole nitrogens is 1. The molecular formula is C16H24N4O. The second kappa shape index (κ2) is 6.43. The number of likely N-dealkylation sites (N-methyl/N-ethyl adjacent to an activating group) is 1. The SMILES string of the molecule is CCN1CCN(C(=O)C[C@H]2C=CCC2)C[C@@H]1c1ncc[nH]1. The first-order valence-electron chi connectivity index (χ1n) is 7.95. The van der Waals surface area contributed by atoms with Crippen LogP contribution in [-0.2, 0) is 4.79 Å². The Balaban J connectivity index is 1.64. The van der Waals surface area contributed by atoms with Crippen LogP contribution >= 0.6 is 0 Å². The van der Waals surface area contributed by atoms with Crippen molar-refractivity contribution < 1.29 is 4.79 Å². The van der Waals surface area contributed by atoms with Crippen LogP contribution in [0.3, 0.4) is 0 Å². The third-order valence-electron chi connectivity index (χ3n) is 4.63. The van der Waals surface area contributed by atoms with Crippen LogP contribution in [0.4, 0.5) is 0 Å². The van der Waals surface area contributed by atoms with Crippen molar-refractivity contribution in [2.75, 3.05) is 26.2 Å². The lowest BCUT2D eigenvalue weighted by molar-refractivity contribution is -0.135. The van der Waals surface area contributed by atoms with Gasteiger partial charge in [-0.2, -0.15) is 0 Å². The summed E-state index contributed by atoms with van der Waals surface area (Å²) in [6, 6.07) is 0.196. The Morgan fingerprint density at radius 1 is 1.48 bits per heavy atom. The van der Waals surface area contributed by atoms with E-state index in [-0.39, 0.29) is 6.04 Å². The Hall–Kier alpha value is -1.62. The Kier molecular flexibility index (Phi) is 4.39. The molecule has 2 heterocycles. The van der Waals surface area contributed by atoms with Gasteiger partial charge in [0.15, 0.2) is 0 Å². The lowest BCUT2D eigenvalue weighted by atomic mass is 10.0. The number of nitrogens with one attached hydrogen (secondary N) is 1. The van der Waals surface area contributed by atoms with Crippen molar-refractivity contribution in [2.24, 2.45) is 5.92 Å². The maximum atomic E-state index is 12.5. The summed E-state index contributed by atoms with van der Waals surface area (Å²) in [6.07, 6.45) is 10.9.